The third-order valence-electron chi connectivity index (χ3n) is 4.60. The van der Waals surface area contributed by atoms with Crippen LogP contribution in [0.3, 0.4) is 0 Å². The van der Waals surface area contributed by atoms with E-state index in [1.54, 1.807) is 25.1 Å². The molecule has 8 nitrogen and oxygen atoms in total. The van der Waals surface area contributed by atoms with Crippen molar-refractivity contribution in [1.82, 2.24) is 14.5 Å². The Labute approximate surface area is 150 Å². The third-order valence-corrected chi connectivity index (χ3v) is 6.09. The first kappa shape index (κ1) is 17.2. The Bertz CT molecular complexity index is 1000. The van der Waals surface area contributed by atoms with Crippen molar-refractivity contribution in [2.45, 2.75) is 30.3 Å². The van der Waals surface area contributed by atoms with Crippen LogP contribution in [0.1, 0.15) is 17.3 Å². The molecule has 1 aromatic heterocycles. The van der Waals surface area contributed by atoms with Crippen LogP contribution in [0.4, 0.5) is 0 Å². The van der Waals surface area contributed by atoms with Gasteiger partial charge in [0.25, 0.3) is 5.56 Å². The number of aromatic nitrogens is 2. The van der Waals surface area contributed by atoms with Crippen LogP contribution in [0, 0.1) is 6.92 Å². The van der Waals surface area contributed by atoms with Crippen LogP contribution in [0.25, 0.3) is 0 Å². The van der Waals surface area contributed by atoms with Gasteiger partial charge in [0.2, 0.25) is 10.0 Å². The minimum Gasteiger partial charge on any atom is -0.493 e. The van der Waals surface area contributed by atoms with Crippen molar-refractivity contribution < 1.29 is 17.9 Å². The monoisotopic (exact) mass is 377 g/mol. The van der Waals surface area contributed by atoms with Gasteiger partial charge in [0.15, 0.2) is 0 Å². The van der Waals surface area contributed by atoms with Gasteiger partial charge in [-0.15, -0.1) is 0 Å². The van der Waals surface area contributed by atoms with Crippen molar-refractivity contribution in [3.63, 3.8) is 0 Å². The molecule has 1 fully saturated rings. The number of nitrogens with one attached hydrogen (secondary N) is 1. The zero-order chi connectivity index (χ0) is 18.3. The molecule has 1 N–H and O–H groups in total. The lowest BCUT2D eigenvalue weighted by atomic mass is 10.2. The quantitative estimate of drug-likeness (QED) is 0.828. The SMILES string of the molecule is Cc1ccc(=O)n(C2COCC2NS(=O)(=O)c2ccc3c(c2)CCO3)n1. The molecular formula is C17H19N3O5S. The fourth-order valence-corrected chi connectivity index (χ4v) is 4.56. The van der Waals surface area contributed by atoms with Gasteiger partial charge in [-0.05, 0) is 36.8 Å². The summed E-state index contributed by atoms with van der Waals surface area (Å²) in [5, 5.41) is 4.23. The van der Waals surface area contributed by atoms with Crippen LogP contribution >= 0.6 is 0 Å². The molecule has 0 spiro atoms. The number of hydrogen-bond acceptors (Lipinski definition) is 6. The Kier molecular flexibility index (Phi) is 4.29. The second kappa shape index (κ2) is 6.49. The first-order valence-corrected chi connectivity index (χ1v) is 9.85. The molecule has 2 aromatic rings. The molecule has 138 valence electrons. The van der Waals surface area contributed by atoms with E-state index in [2.05, 4.69) is 9.82 Å². The molecule has 1 saturated heterocycles. The number of ether oxygens (including phenoxy) is 2. The Morgan fingerprint density at radius 3 is 2.92 bits per heavy atom. The summed E-state index contributed by atoms with van der Waals surface area (Å²) >= 11 is 0. The smallest absolute Gasteiger partial charge is 0.267 e. The predicted octanol–water partition coefficient (Wildman–Crippen LogP) is 0.405. The molecule has 4 rings (SSSR count). The molecular weight excluding hydrogens is 358 g/mol. The van der Waals surface area contributed by atoms with Gasteiger partial charge < -0.3 is 9.47 Å². The first-order valence-electron chi connectivity index (χ1n) is 8.36. The van der Waals surface area contributed by atoms with Crippen molar-refractivity contribution in [2.24, 2.45) is 0 Å². The highest BCUT2D eigenvalue weighted by molar-refractivity contribution is 7.89. The molecule has 0 amide bonds. The zero-order valence-electron chi connectivity index (χ0n) is 14.2. The average molecular weight is 377 g/mol. The minimum atomic E-state index is -3.76. The highest BCUT2D eigenvalue weighted by Gasteiger charge is 2.35. The number of benzene rings is 1. The molecule has 2 unspecified atom stereocenters. The Morgan fingerprint density at radius 1 is 1.23 bits per heavy atom. The normalized spacial score (nSPS) is 22.2. The molecule has 1 aromatic carbocycles. The molecule has 3 heterocycles. The molecule has 0 aliphatic carbocycles. The summed E-state index contributed by atoms with van der Waals surface area (Å²) in [7, 11) is -3.76. The van der Waals surface area contributed by atoms with Crippen LogP contribution in [0.15, 0.2) is 40.0 Å². The molecule has 0 saturated carbocycles. The van der Waals surface area contributed by atoms with Crippen LogP contribution in [0.5, 0.6) is 5.75 Å². The molecule has 2 atom stereocenters. The lowest BCUT2D eigenvalue weighted by Gasteiger charge is -2.20. The van der Waals surface area contributed by atoms with E-state index in [1.807, 2.05) is 0 Å². The first-order chi connectivity index (χ1) is 12.4. The van der Waals surface area contributed by atoms with Crippen molar-refractivity contribution in [1.29, 1.82) is 0 Å². The van der Waals surface area contributed by atoms with Gasteiger partial charge in [-0.2, -0.15) is 5.10 Å². The molecule has 2 aliphatic heterocycles. The summed E-state index contributed by atoms with van der Waals surface area (Å²) in [4.78, 5) is 12.3. The zero-order valence-corrected chi connectivity index (χ0v) is 15.0. The lowest BCUT2D eigenvalue weighted by molar-refractivity contribution is 0.181. The van der Waals surface area contributed by atoms with Gasteiger partial charge in [-0.1, -0.05) is 0 Å². The van der Waals surface area contributed by atoms with Crippen LogP contribution in [-0.4, -0.2) is 44.1 Å². The van der Waals surface area contributed by atoms with E-state index in [0.29, 0.717) is 18.7 Å². The number of fused-ring (bicyclic) bond motifs is 1. The summed E-state index contributed by atoms with van der Waals surface area (Å²) in [6.07, 6.45) is 0.691. The Hall–Kier alpha value is -2.23. The third kappa shape index (κ3) is 3.13. The maximum atomic E-state index is 12.8. The summed E-state index contributed by atoms with van der Waals surface area (Å²) in [5.74, 6) is 0.724. The highest BCUT2D eigenvalue weighted by atomic mass is 32.2. The van der Waals surface area contributed by atoms with E-state index in [9.17, 15) is 13.2 Å². The van der Waals surface area contributed by atoms with E-state index < -0.39 is 22.1 Å². The van der Waals surface area contributed by atoms with Gasteiger partial charge >= 0.3 is 0 Å². The highest BCUT2D eigenvalue weighted by Crippen LogP contribution is 2.28. The number of sulfonamides is 1. The maximum absolute atomic E-state index is 12.8. The fourth-order valence-electron chi connectivity index (χ4n) is 3.25. The second-order valence-corrected chi connectivity index (χ2v) is 8.17. The molecule has 2 aliphatic rings. The Morgan fingerprint density at radius 2 is 2.08 bits per heavy atom. The molecule has 26 heavy (non-hydrogen) atoms. The summed E-state index contributed by atoms with van der Waals surface area (Å²) in [5.41, 5.74) is 1.27. The summed E-state index contributed by atoms with van der Waals surface area (Å²) in [6.45, 7) is 2.74. The van der Waals surface area contributed by atoms with Gasteiger partial charge in [0.1, 0.15) is 5.75 Å². The topological polar surface area (TPSA) is 99.5 Å². The minimum absolute atomic E-state index is 0.178. The van der Waals surface area contributed by atoms with Crippen LogP contribution in [0.2, 0.25) is 0 Å². The summed E-state index contributed by atoms with van der Waals surface area (Å²) < 4.78 is 40.4. The van der Waals surface area contributed by atoms with E-state index in [0.717, 1.165) is 11.3 Å². The van der Waals surface area contributed by atoms with Gasteiger partial charge in [0, 0.05) is 12.5 Å². The largest absolute Gasteiger partial charge is 0.493 e. The van der Waals surface area contributed by atoms with Crippen molar-refractivity contribution in [2.75, 3.05) is 19.8 Å². The number of rotatable bonds is 4. The van der Waals surface area contributed by atoms with E-state index in [1.165, 1.54) is 16.8 Å². The second-order valence-electron chi connectivity index (χ2n) is 6.46. The predicted molar refractivity (Wildman–Crippen MR) is 92.8 cm³/mol. The summed E-state index contributed by atoms with van der Waals surface area (Å²) in [6, 6.07) is 6.81. The number of aryl methyl sites for hydroxylation is 1. The lowest BCUT2D eigenvalue weighted by Crippen LogP contribution is -2.44. The van der Waals surface area contributed by atoms with Crippen molar-refractivity contribution in [3.05, 3.63) is 51.9 Å². The average Bonchev–Trinajstić information content (AvgIpc) is 3.25. The number of hydrogen-bond donors (Lipinski definition) is 1. The van der Waals surface area contributed by atoms with Crippen molar-refractivity contribution in [3.8, 4) is 5.75 Å². The van der Waals surface area contributed by atoms with E-state index in [4.69, 9.17) is 9.47 Å². The van der Waals surface area contributed by atoms with Crippen LogP contribution in [-0.2, 0) is 21.2 Å². The van der Waals surface area contributed by atoms with E-state index >= 15 is 0 Å². The van der Waals surface area contributed by atoms with Gasteiger partial charge in [0.05, 0.1) is 42.5 Å². The molecule has 9 heteroatoms. The maximum Gasteiger partial charge on any atom is 0.267 e. The van der Waals surface area contributed by atoms with Crippen LogP contribution < -0.4 is 15.0 Å². The fraction of sp³-hybridized carbons (Fsp3) is 0.412. The molecule has 0 bridgehead atoms. The van der Waals surface area contributed by atoms with Gasteiger partial charge in [-0.3, -0.25) is 4.79 Å². The standard InChI is InChI=1S/C17H19N3O5S/c1-11-2-5-17(21)20(18-11)15-10-24-9-14(15)19-26(22,23)13-3-4-16-12(8-13)6-7-25-16/h2-5,8,14-15,19H,6-7,9-10H2,1H3. The van der Waals surface area contributed by atoms with Crippen molar-refractivity contribution >= 4 is 10.0 Å². The molecule has 0 radical (unpaired) electrons. The Balaban J connectivity index is 1.61. The number of nitrogens with zero attached hydrogens (tertiary/aromatic N) is 2. The van der Waals surface area contributed by atoms with Gasteiger partial charge in [-0.25, -0.2) is 17.8 Å². The van der Waals surface area contributed by atoms with E-state index in [-0.39, 0.29) is 23.7 Å².